The predicted octanol–water partition coefficient (Wildman–Crippen LogP) is 3.35. The number of hydrogen-bond acceptors (Lipinski definition) is 3. The number of rotatable bonds is 5. The molecule has 0 fully saturated rings. The molecule has 0 aliphatic carbocycles. The van der Waals surface area contributed by atoms with Crippen LogP contribution in [0.15, 0.2) is 48.5 Å². The van der Waals surface area contributed by atoms with E-state index in [0.29, 0.717) is 0 Å². The summed E-state index contributed by atoms with van der Waals surface area (Å²) in [6.45, 7) is 2.84. The summed E-state index contributed by atoms with van der Waals surface area (Å²) in [7, 11) is 3.77. The lowest BCUT2D eigenvalue weighted by molar-refractivity contribution is 0.414. The molecule has 0 bridgehead atoms. The predicted molar refractivity (Wildman–Crippen MR) is 84.1 cm³/mol. The van der Waals surface area contributed by atoms with Crippen molar-refractivity contribution < 1.29 is 4.74 Å². The van der Waals surface area contributed by atoms with Gasteiger partial charge in [0.25, 0.3) is 0 Å². The SMILES string of the molecule is COc1cccc(CN(C)c2ccc(C(C)N)cc2)c1. The maximum atomic E-state index is 5.87. The maximum absolute atomic E-state index is 5.87. The number of ether oxygens (including phenoxy) is 1. The van der Waals surface area contributed by atoms with E-state index in [0.717, 1.165) is 17.9 Å². The Labute approximate surface area is 121 Å². The van der Waals surface area contributed by atoms with Crippen molar-refractivity contribution >= 4 is 5.69 Å². The second-order valence-electron chi connectivity index (χ2n) is 5.09. The van der Waals surface area contributed by atoms with Gasteiger partial charge in [-0.3, -0.25) is 0 Å². The number of hydrogen-bond donors (Lipinski definition) is 1. The Balaban J connectivity index is 2.08. The zero-order valence-electron chi connectivity index (χ0n) is 12.3. The van der Waals surface area contributed by atoms with E-state index in [1.54, 1.807) is 7.11 Å². The van der Waals surface area contributed by atoms with Crippen LogP contribution < -0.4 is 15.4 Å². The molecule has 0 saturated carbocycles. The van der Waals surface area contributed by atoms with Crippen molar-refractivity contribution in [3.8, 4) is 5.75 Å². The van der Waals surface area contributed by atoms with Crippen LogP contribution in [0.3, 0.4) is 0 Å². The fourth-order valence-corrected chi connectivity index (χ4v) is 2.17. The fourth-order valence-electron chi connectivity index (χ4n) is 2.17. The molecular weight excluding hydrogens is 248 g/mol. The molecule has 2 N–H and O–H groups in total. The third kappa shape index (κ3) is 3.52. The second-order valence-corrected chi connectivity index (χ2v) is 5.09. The first-order valence-corrected chi connectivity index (χ1v) is 6.80. The first kappa shape index (κ1) is 14.4. The smallest absolute Gasteiger partial charge is 0.119 e. The monoisotopic (exact) mass is 270 g/mol. The number of benzene rings is 2. The van der Waals surface area contributed by atoms with Gasteiger partial charge in [0.15, 0.2) is 0 Å². The molecule has 1 atom stereocenters. The molecule has 0 aromatic heterocycles. The van der Waals surface area contributed by atoms with Crippen molar-refractivity contribution in [2.75, 3.05) is 19.1 Å². The Bertz CT molecular complexity index is 549. The van der Waals surface area contributed by atoms with Crippen molar-refractivity contribution in [2.45, 2.75) is 19.5 Å². The first-order valence-electron chi connectivity index (χ1n) is 6.80. The average Bonchev–Trinajstić information content (AvgIpc) is 2.47. The summed E-state index contributed by atoms with van der Waals surface area (Å²) in [5.74, 6) is 0.892. The largest absolute Gasteiger partial charge is 0.497 e. The Morgan fingerprint density at radius 1 is 1.15 bits per heavy atom. The Hall–Kier alpha value is -2.00. The van der Waals surface area contributed by atoms with Crippen LogP contribution in [0.5, 0.6) is 5.75 Å². The van der Waals surface area contributed by atoms with Crippen LogP contribution in [-0.4, -0.2) is 14.2 Å². The normalized spacial score (nSPS) is 12.0. The molecule has 2 rings (SSSR count). The van der Waals surface area contributed by atoms with E-state index in [2.05, 4.69) is 48.3 Å². The summed E-state index contributed by atoms with van der Waals surface area (Å²) < 4.78 is 5.25. The van der Waals surface area contributed by atoms with Crippen LogP contribution in [0.4, 0.5) is 5.69 Å². The van der Waals surface area contributed by atoms with Gasteiger partial charge in [0.05, 0.1) is 7.11 Å². The lowest BCUT2D eigenvalue weighted by Crippen LogP contribution is -2.16. The van der Waals surface area contributed by atoms with E-state index >= 15 is 0 Å². The molecule has 2 aromatic rings. The third-order valence-electron chi connectivity index (χ3n) is 3.41. The summed E-state index contributed by atoms with van der Waals surface area (Å²) in [6, 6.07) is 16.6. The highest BCUT2D eigenvalue weighted by Crippen LogP contribution is 2.20. The highest BCUT2D eigenvalue weighted by Gasteiger charge is 2.04. The third-order valence-corrected chi connectivity index (χ3v) is 3.41. The topological polar surface area (TPSA) is 38.5 Å². The van der Waals surface area contributed by atoms with E-state index in [1.807, 2.05) is 19.1 Å². The maximum Gasteiger partial charge on any atom is 0.119 e. The minimum atomic E-state index is 0.0766. The van der Waals surface area contributed by atoms with E-state index < -0.39 is 0 Å². The van der Waals surface area contributed by atoms with Gasteiger partial charge in [-0.25, -0.2) is 0 Å². The summed E-state index contributed by atoms with van der Waals surface area (Å²) in [6.07, 6.45) is 0. The van der Waals surface area contributed by atoms with Crippen LogP contribution in [0.2, 0.25) is 0 Å². The molecule has 0 aliphatic heterocycles. The van der Waals surface area contributed by atoms with Crippen LogP contribution in [0, 0.1) is 0 Å². The van der Waals surface area contributed by atoms with Crippen LogP contribution in [0.25, 0.3) is 0 Å². The molecule has 3 nitrogen and oxygen atoms in total. The van der Waals surface area contributed by atoms with Crippen LogP contribution >= 0.6 is 0 Å². The quantitative estimate of drug-likeness (QED) is 0.905. The molecule has 0 aliphatic rings. The van der Waals surface area contributed by atoms with Gasteiger partial charge >= 0.3 is 0 Å². The molecular formula is C17H22N2O. The Kier molecular flexibility index (Phi) is 4.64. The van der Waals surface area contributed by atoms with Gasteiger partial charge in [-0.15, -0.1) is 0 Å². The first-order chi connectivity index (χ1) is 9.60. The van der Waals surface area contributed by atoms with E-state index in [9.17, 15) is 0 Å². The van der Waals surface area contributed by atoms with Crippen molar-refractivity contribution in [1.82, 2.24) is 0 Å². The number of anilines is 1. The number of nitrogens with two attached hydrogens (primary N) is 1. The summed E-state index contributed by atoms with van der Waals surface area (Å²) >= 11 is 0. The van der Waals surface area contributed by atoms with Gasteiger partial charge in [-0.2, -0.15) is 0 Å². The van der Waals surface area contributed by atoms with E-state index in [4.69, 9.17) is 10.5 Å². The number of nitrogens with zero attached hydrogens (tertiary/aromatic N) is 1. The molecule has 0 heterocycles. The van der Waals surface area contributed by atoms with Crippen LogP contribution in [-0.2, 0) is 6.54 Å². The zero-order valence-corrected chi connectivity index (χ0v) is 12.3. The summed E-state index contributed by atoms with van der Waals surface area (Å²) in [4.78, 5) is 2.21. The standard InChI is InChI=1S/C17H22N2O/c1-13(18)15-7-9-16(10-8-15)19(2)12-14-5-4-6-17(11-14)20-3/h4-11,13H,12,18H2,1-3H3. The van der Waals surface area contributed by atoms with Crippen molar-refractivity contribution in [3.05, 3.63) is 59.7 Å². The summed E-state index contributed by atoms with van der Waals surface area (Å²) in [5, 5.41) is 0. The molecule has 0 saturated heterocycles. The van der Waals surface area contributed by atoms with Crippen molar-refractivity contribution in [1.29, 1.82) is 0 Å². The van der Waals surface area contributed by atoms with E-state index in [-0.39, 0.29) is 6.04 Å². The molecule has 3 heteroatoms. The molecule has 2 aromatic carbocycles. The lowest BCUT2D eigenvalue weighted by Gasteiger charge is -2.20. The highest BCUT2D eigenvalue weighted by atomic mass is 16.5. The Morgan fingerprint density at radius 3 is 2.45 bits per heavy atom. The van der Waals surface area contributed by atoms with Crippen LogP contribution in [0.1, 0.15) is 24.1 Å². The molecule has 20 heavy (non-hydrogen) atoms. The van der Waals surface area contributed by atoms with Gasteiger partial charge in [-0.05, 0) is 42.3 Å². The van der Waals surface area contributed by atoms with Gasteiger partial charge in [-0.1, -0.05) is 24.3 Å². The van der Waals surface area contributed by atoms with Crippen molar-refractivity contribution in [2.24, 2.45) is 5.73 Å². The second kappa shape index (κ2) is 6.44. The zero-order chi connectivity index (χ0) is 14.5. The molecule has 0 spiro atoms. The average molecular weight is 270 g/mol. The highest BCUT2D eigenvalue weighted by molar-refractivity contribution is 5.48. The van der Waals surface area contributed by atoms with Gasteiger partial charge in [0.2, 0.25) is 0 Å². The molecule has 106 valence electrons. The summed E-state index contributed by atoms with van der Waals surface area (Å²) in [5.41, 5.74) is 9.43. The minimum Gasteiger partial charge on any atom is -0.497 e. The van der Waals surface area contributed by atoms with Gasteiger partial charge < -0.3 is 15.4 Å². The van der Waals surface area contributed by atoms with Crippen molar-refractivity contribution in [3.63, 3.8) is 0 Å². The molecule has 0 radical (unpaired) electrons. The minimum absolute atomic E-state index is 0.0766. The lowest BCUT2D eigenvalue weighted by atomic mass is 10.1. The molecule has 0 amide bonds. The van der Waals surface area contributed by atoms with Gasteiger partial charge in [0, 0.05) is 25.3 Å². The van der Waals surface area contributed by atoms with Gasteiger partial charge in [0.1, 0.15) is 5.75 Å². The Morgan fingerprint density at radius 2 is 1.85 bits per heavy atom. The fraction of sp³-hybridized carbons (Fsp3) is 0.294. The van der Waals surface area contributed by atoms with E-state index in [1.165, 1.54) is 11.3 Å². The number of methoxy groups -OCH3 is 1. The molecule has 1 unspecified atom stereocenters.